The molecule has 3 aromatic rings. The van der Waals surface area contributed by atoms with Gasteiger partial charge in [0.2, 0.25) is 5.91 Å². The molecule has 0 saturated heterocycles. The minimum atomic E-state index is -0.825. The van der Waals surface area contributed by atoms with Crippen molar-refractivity contribution in [1.29, 1.82) is 0 Å². The zero-order chi connectivity index (χ0) is 23.8. The highest BCUT2D eigenvalue weighted by molar-refractivity contribution is 5.97. The van der Waals surface area contributed by atoms with Crippen molar-refractivity contribution in [2.24, 2.45) is 0 Å². The van der Waals surface area contributed by atoms with E-state index in [0.717, 1.165) is 16.7 Å². The number of rotatable bonds is 7. The van der Waals surface area contributed by atoms with E-state index in [1.807, 2.05) is 48.5 Å². The zero-order valence-electron chi connectivity index (χ0n) is 19.3. The van der Waals surface area contributed by atoms with Gasteiger partial charge in [-0.25, -0.2) is 4.79 Å². The molecule has 33 heavy (non-hydrogen) atoms. The van der Waals surface area contributed by atoms with Crippen molar-refractivity contribution in [1.82, 2.24) is 10.3 Å². The van der Waals surface area contributed by atoms with Crippen LogP contribution in [0, 0.1) is 0 Å². The number of carbonyl (C=O) groups is 2. The monoisotopic (exact) mass is 447 g/mol. The second kappa shape index (κ2) is 10.6. The van der Waals surface area contributed by atoms with E-state index in [4.69, 9.17) is 9.47 Å². The number of nitrogens with zero attached hydrogens (tertiary/aromatic N) is 1. The Morgan fingerprint density at radius 1 is 1.00 bits per heavy atom. The minimum Gasteiger partial charge on any atom is -0.496 e. The molecule has 0 radical (unpaired) electrons. The number of anilines is 1. The van der Waals surface area contributed by atoms with Gasteiger partial charge in [0.1, 0.15) is 17.4 Å². The molecule has 1 aromatic heterocycles. The lowest BCUT2D eigenvalue weighted by Crippen LogP contribution is -2.47. The third-order valence-corrected chi connectivity index (χ3v) is 4.75. The molecule has 0 spiro atoms. The van der Waals surface area contributed by atoms with Gasteiger partial charge in [-0.2, -0.15) is 0 Å². The van der Waals surface area contributed by atoms with Crippen LogP contribution in [0.15, 0.2) is 73.1 Å². The first-order valence-electron chi connectivity index (χ1n) is 10.7. The second-order valence-corrected chi connectivity index (χ2v) is 8.53. The third kappa shape index (κ3) is 7.07. The number of methoxy groups -OCH3 is 1. The van der Waals surface area contributed by atoms with E-state index >= 15 is 0 Å². The average molecular weight is 448 g/mol. The van der Waals surface area contributed by atoms with Crippen molar-refractivity contribution < 1.29 is 19.1 Å². The number of carbonyl (C=O) groups excluding carboxylic acids is 2. The lowest BCUT2D eigenvalue weighted by atomic mass is 10.0. The SMILES string of the molecule is COc1ccc(NC(=O)[C@H](Cc2ccccc2)NC(=O)OC(C)(C)C)cc1-c1ccncc1. The number of hydrogen-bond acceptors (Lipinski definition) is 5. The first kappa shape index (κ1) is 23.8. The lowest BCUT2D eigenvalue weighted by Gasteiger charge is -2.23. The normalized spacial score (nSPS) is 11.9. The van der Waals surface area contributed by atoms with Gasteiger partial charge in [0, 0.05) is 30.1 Å². The van der Waals surface area contributed by atoms with Gasteiger partial charge in [-0.15, -0.1) is 0 Å². The Hall–Kier alpha value is -3.87. The predicted octanol–water partition coefficient (Wildman–Crippen LogP) is 4.83. The molecule has 3 rings (SSSR count). The molecule has 7 nitrogen and oxygen atoms in total. The third-order valence-electron chi connectivity index (χ3n) is 4.75. The summed E-state index contributed by atoms with van der Waals surface area (Å²) in [6.45, 7) is 5.32. The summed E-state index contributed by atoms with van der Waals surface area (Å²) in [5, 5.41) is 5.62. The van der Waals surface area contributed by atoms with E-state index in [1.54, 1.807) is 52.4 Å². The van der Waals surface area contributed by atoms with Crippen LogP contribution < -0.4 is 15.4 Å². The fraction of sp³-hybridized carbons (Fsp3) is 0.269. The summed E-state index contributed by atoms with van der Waals surface area (Å²) in [7, 11) is 1.60. The summed E-state index contributed by atoms with van der Waals surface area (Å²) in [5.41, 5.74) is 2.55. The summed E-state index contributed by atoms with van der Waals surface area (Å²) >= 11 is 0. The largest absolute Gasteiger partial charge is 0.496 e. The van der Waals surface area contributed by atoms with Gasteiger partial charge in [0.15, 0.2) is 0 Å². The Bertz CT molecular complexity index is 1080. The van der Waals surface area contributed by atoms with Crippen molar-refractivity contribution in [3.63, 3.8) is 0 Å². The van der Waals surface area contributed by atoms with Gasteiger partial charge in [0.05, 0.1) is 7.11 Å². The molecule has 0 bridgehead atoms. The van der Waals surface area contributed by atoms with E-state index in [1.165, 1.54) is 0 Å². The van der Waals surface area contributed by atoms with Crippen LogP contribution in [0.5, 0.6) is 5.75 Å². The molecule has 2 N–H and O–H groups in total. The van der Waals surface area contributed by atoms with Crippen LogP contribution in [0.3, 0.4) is 0 Å². The molecule has 0 unspecified atom stereocenters. The van der Waals surface area contributed by atoms with E-state index < -0.39 is 17.7 Å². The van der Waals surface area contributed by atoms with Crippen molar-refractivity contribution in [2.45, 2.75) is 38.8 Å². The summed E-state index contributed by atoms with van der Waals surface area (Å²) in [6.07, 6.45) is 3.06. The molecule has 2 aromatic carbocycles. The molecule has 1 atom stereocenters. The Kier molecular flexibility index (Phi) is 7.66. The molecule has 172 valence electrons. The first-order chi connectivity index (χ1) is 15.7. The highest BCUT2D eigenvalue weighted by atomic mass is 16.6. The molecular weight excluding hydrogens is 418 g/mol. The summed E-state index contributed by atoms with van der Waals surface area (Å²) in [6, 6.07) is 17.8. The fourth-order valence-electron chi connectivity index (χ4n) is 3.28. The molecule has 7 heteroatoms. The maximum atomic E-state index is 13.2. The van der Waals surface area contributed by atoms with E-state index in [-0.39, 0.29) is 5.91 Å². The predicted molar refractivity (Wildman–Crippen MR) is 128 cm³/mol. The standard InChI is InChI=1S/C26H29N3O4/c1-26(2,3)33-25(31)29-22(16-18-8-6-5-7-9-18)24(30)28-20-10-11-23(32-4)21(17-20)19-12-14-27-15-13-19/h5-15,17,22H,16H2,1-4H3,(H,28,30)(H,29,31)/t22-/m0/s1. The van der Waals surface area contributed by atoms with Crippen LogP contribution in [-0.2, 0) is 16.0 Å². The van der Waals surface area contributed by atoms with Gasteiger partial charge in [-0.05, 0) is 62.2 Å². The van der Waals surface area contributed by atoms with Crippen LogP contribution in [0.2, 0.25) is 0 Å². The topological polar surface area (TPSA) is 89.6 Å². The highest BCUT2D eigenvalue weighted by Crippen LogP contribution is 2.32. The maximum absolute atomic E-state index is 13.2. The number of aromatic nitrogens is 1. The number of nitrogens with one attached hydrogen (secondary N) is 2. The zero-order valence-corrected chi connectivity index (χ0v) is 19.3. The average Bonchev–Trinajstić information content (AvgIpc) is 2.78. The molecule has 2 amide bonds. The lowest BCUT2D eigenvalue weighted by molar-refractivity contribution is -0.118. The molecule has 1 heterocycles. The van der Waals surface area contributed by atoms with Gasteiger partial charge in [0.25, 0.3) is 0 Å². The number of pyridine rings is 1. The number of alkyl carbamates (subject to hydrolysis) is 1. The van der Waals surface area contributed by atoms with Gasteiger partial charge in [-0.1, -0.05) is 30.3 Å². The number of amides is 2. The Morgan fingerprint density at radius 2 is 1.70 bits per heavy atom. The first-order valence-corrected chi connectivity index (χ1v) is 10.7. The summed E-state index contributed by atoms with van der Waals surface area (Å²) < 4.78 is 10.8. The van der Waals surface area contributed by atoms with Crippen LogP contribution in [0.1, 0.15) is 26.3 Å². The van der Waals surface area contributed by atoms with E-state index in [9.17, 15) is 9.59 Å². The summed E-state index contributed by atoms with van der Waals surface area (Å²) in [5.74, 6) is 0.322. The van der Waals surface area contributed by atoms with E-state index in [2.05, 4.69) is 15.6 Å². The molecule has 0 saturated carbocycles. The number of benzene rings is 2. The smallest absolute Gasteiger partial charge is 0.408 e. The Labute approximate surface area is 194 Å². The van der Waals surface area contributed by atoms with Crippen LogP contribution in [0.25, 0.3) is 11.1 Å². The Morgan fingerprint density at radius 3 is 2.33 bits per heavy atom. The molecule has 0 aliphatic carbocycles. The molecule has 0 aliphatic rings. The quantitative estimate of drug-likeness (QED) is 0.541. The van der Waals surface area contributed by atoms with Crippen LogP contribution in [-0.4, -0.2) is 35.7 Å². The highest BCUT2D eigenvalue weighted by Gasteiger charge is 2.25. The molecular formula is C26H29N3O4. The second-order valence-electron chi connectivity index (χ2n) is 8.53. The number of hydrogen-bond donors (Lipinski definition) is 2. The van der Waals surface area contributed by atoms with Gasteiger partial charge < -0.3 is 20.1 Å². The number of ether oxygens (including phenoxy) is 2. The van der Waals surface area contributed by atoms with E-state index in [0.29, 0.717) is 17.9 Å². The summed E-state index contributed by atoms with van der Waals surface area (Å²) in [4.78, 5) is 29.7. The minimum absolute atomic E-state index is 0.319. The van der Waals surface area contributed by atoms with Gasteiger partial charge in [-0.3, -0.25) is 9.78 Å². The van der Waals surface area contributed by atoms with Gasteiger partial charge >= 0.3 is 6.09 Å². The van der Waals surface area contributed by atoms with Crippen molar-refractivity contribution in [2.75, 3.05) is 12.4 Å². The molecule has 0 fully saturated rings. The van der Waals surface area contributed by atoms with Crippen molar-refractivity contribution in [3.8, 4) is 16.9 Å². The fourth-order valence-corrected chi connectivity index (χ4v) is 3.28. The Balaban J connectivity index is 1.83. The van der Waals surface area contributed by atoms with Crippen LogP contribution >= 0.6 is 0 Å². The van der Waals surface area contributed by atoms with Crippen LogP contribution in [0.4, 0.5) is 10.5 Å². The van der Waals surface area contributed by atoms with Crippen molar-refractivity contribution >= 4 is 17.7 Å². The molecule has 0 aliphatic heterocycles. The van der Waals surface area contributed by atoms with Crippen molar-refractivity contribution in [3.05, 3.63) is 78.6 Å². The maximum Gasteiger partial charge on any atom is 0.408 e.